The molecule has 1 heterocycles. The Kier molecular flexibility index (Phi) is 6.32. The highest BCUT2D eigenvalue weighted by atomic mass is 35.5. The van der Waals surface area contributed by atoms with Crippen molar-refractivity contribution in [3.05, 3.63) is 33.8 Å². The van der Waals surface area contributed by atoms with Crippen LogP contribution in [0.5, 0.6) is 0 Å². The lowest BCUT2D eigenvalue weighted by molar-refractivity contribution is 0.0194. The van der Waals surface area contributed by atoms with Crippen molar-refractivity contribution in [2.75, 3.05) is 26.2 Å². The van der Waals surface area contributed by atoms with Gasteiger partial charge in [-0.25, -0.2) is 4.79 Å². The molecule has 5 nitrogen and oxygen atoms in total. The van der Waals surface area contributed by atoms with Crippen LogP contribution in [0.25, 0.3) is 0 Å². The van der Waals surface area contributed by atoms with Crippen molar-refractivity contribution in [1.29, 1.82) is 0 Å². The molecular weight excluding hydrogens is 325 g/mol. The molecular formula is C15H21Cl2N3O2. The van der Waals surface area contributed by atoms with E-state index in [-0.39, 0.29) is 12.6 Å². The molecule has 0 saturated carbocycles. The van der Waals surface area contributed by atoms with Crippen LogP contribution in [0.4, 0.5) is 4.79 Å². The molecule has 1 aliphatic rings. The topological polar surface area (TPSA) is 73.4 Å². The normalized spacial score (nSPS) is 21.4. The van der Waals surface area contributed by atoms with Crippen molar-refractivity contribution in [1.82, 2.24) is 16.0 Å². The van der Waals surface area contributed by atoms with Gasteiger partial charge in [0.05, 0.1) is 5.60 Å². The number of hydrogen-bond acceptors (Lipinski definition) is 3. The van der Waals surface area contributed by atoms with E-state index in [1.54, 1.807) is 18.2 Å². The Labute approximate surface area is 140 Å². The molecule has 122 valence electrons. The van der Waals surface area contributed by atoms with Gasteiger partial charge >= 0.3 is 6.03 Å². The average molecular weight is 346 g/mol. The minimum absolute atomic E-state index is 0.235. The molecule has 1 unspecified atom stereocenters. The molecule has 0 radical (unpaired) electrons. The summed E-state index contributed by atoms with van der Waals surface area (Å²) in [5.74, 6) is 0. The summed E-state index contributed by atoms with van der Waals surface area (Å²) in [6.45, 7) is 2.07. The van der Waals surface area contributed by atoms with Gasteiger partial charge in [-0.15, -0.1) is 0 Å². The number of carbonyl (C=O) groups excluding carboxylic acids is 1. The number of β-amino-alcohol motifs (C(OH)–C–C–N with tert-alkyl or cyclic N) is 1. The van der Waals surface area contributed by atoms with E-state index in [1.165, 1.54) is 0 Å². The number of halogens is 2. The molecule has 4 N–H and O–H groups in total. The summed E-state index contributed by atoms with van der Waals surface area (Å²) in [4.78, 5) is 11.8. The van der Waals surface area contributed by atoms with Crippen LogP contribution in [0.2, 0.25) is 10.0 Å². The van der Waals surface area contributed by atoms with Gasteiger partial charge in [-0.05, 0) is 43.5 Å². The van der Waals surface area contributed by atoms with E-state index < -0.39 is 5.60 Å². The maximum atomic E-state index is 11.8. The lowest BCUT2D eigenvalue weighted by Gasteiger charge is -2.32. The van der Waals surface area contributed by atoms with Crippen molar-refractivity contribution in [3.63, 3.8) is 0 Å². The van der Waals surface area contributed by atoms with Crippen LogP contribution in [0.3, 0.4) is 0 Å². The van der Waals surface area contributed by atoms with Gasteiger partial charge < -0.3 is 21.1 Å². The number of nitrogens with one attached hydrogen (secondary N) is 3. The molecule has 0 spiro atoms. The average Bonchev–Trinajstić information content (AvgIpc) is 2.49. The zero-order chi connectivity index (χ0) is 16.0. The molecule has 1 aliphatic heterocycles. The van der Waals surface area contributed by atoms with Gasteiger partial charge in [-0.3, -0.25) is 0 Å². The fourth-order valence-electron chi connectivity index (χ4n) is 2.48. The van der Waals surface area contributed by atoms with Gasteiger partial charge in [-0.1, -0.05) is 29.3 Å². The minimum atomic E-state index is -0.859. The Morgan fingerprint density at radius 1 is 1.32 bits per heavy atom. The summed E-state index contributed by atoms with van der Waals surface area (Å²) in [5, 5.41) is 20.0. The molecule has 1 aromatic carbocycles. The first kappa shape index (κ1) is 17.3. The molecule has 0 bridgehead atoms. The Balaban J connectivity index is 1.72. The summed E-state index contributed by atoms with van der Waals surface area (Å²) in [7, 11) is 0. The second kappa shape index (κ2) is 8.02. The molecule has 1 atom stereocenters. The van der Waals surface area contributed by atoms with E-state index in [0.717, 1.165) is 18.5 Å². The predicted molar refractivity (Wildman–Crippen MR) is 88.6 cm³/mol. The number of rotatable bonds is 5. The van der Waals surface area contributed by atoms with Gasteiger partial charge in [-0.2, -0.15) is 0 Å². The third-order valence-corrected chi connectivity index (χ3v) is 4.46. The molecule has 7 heteroatoms. The predicted octanol–water partition coefficient (Wildman–Crippen LogP) is 1.95. The van der Waals surface area contributed by atoms with Crippen LogP contribution in [0, 0.1) is 0 Å². The van der Waals surface area contributed by atoms with E-state index in [4.69, 9.17) is 23.2 Å². The van der Waals surface area contributed by atoms with Gasteiger partial charge in [0.1, 0.15) is 0 Å². The van der Waals surface area contributed by atoms with Crippen LogP contribution in [-0.4, -0.2) is 42.9 Å². The second-order valence-corrected chi connectivity index (χ2v) is 6.38. The molecule has 1 aromatic rings. The van der Waals surface area contributed by atoms with Crippen molar-refractivity contribution in [2.24, 2.45) is 0 Å². The SMILES string of the molecule is O=C(NCCc1c(Cl)cccc1Cl)NCC1(O)CCCNC1. The summed E-state index contributed by atoms with van der Waals surface area (Å²) < 4.78 is 0. The van der Waals surface area contributed by atoms with Gasteiger partial charge in [0.15, 0.2) is 0 Å². The monoisotopic (exact) mass is 345 g/mol. The standard InChI is InChI=1S/C15H21Cl2N3O2/c16-12-3-1-4-13(17)11(12)5-8-19-14(21)20-10-15(22)6-2-7-18-9-15/h1,3-4,18,22H,2,5-10H2,(H2,19,20,21). The summed E-state index contributed by atoms with van der Waals surface area (Å²) in [6.07, 6.45) is 2.15. The minimum Gasteiger partial charge on any atom is -0.387 e. The second-order valence-electron chi connectivity index (χ2n) is 5.56. The number of aliphatic hydroxyl groups is 1. The number of amides is 2. The Bertz CT molecular complexity index is 499. The largest absolute Gasteiger partial charge is 0.387 e. The molecule has 0 aliphatic carbocycles. The van der Waals surface area contributed by atoms with Crippen LogP contribution >= 0.6 is 23.2 Å². The highest BCUT2D eigenvalue weighted by molar-refractivity contribution is 6.35. The molecule has 1 saturated heterocycles. The van der Waals surface area contributed by atoms with Crippen LogP contribution < -0.4 is 16.0 Å². The first-order chi connectivity index (χ1) is 10.5. The fraction of sp³-hybridized carbons (Fsp3) is 0.533. The maximum Gasteiger partial charge on any atom is 0.314 e. The highest BCUT2D eigenvalue weighted by Crippen LogP contribution is 2.24. The van der Waals surface area contributed by atoms with Crippen LogP contribution in [0.15, 0.2) is 18.2 Å². The Hall–Kier alpha value is -1.01. The molecule has 22 heavy (non-hydrogen) atoms. The highest BCUT2D eigenvalue weighted by Gasteiger charge is 2.29. The van der Waals surface area contributed by atoms with Crippen LogP contribution in [0.1, 0.15) is 18.4 Å². The third kappa shape index (κ3) is 5.02. The summed E-state index contributed by atoms with van der Waals surface area (Å²) >= 11 is 12.1. The molecule has 2 amide bonds. The zero-order valence-corrected chi connectivity index (χ0v) is 13.8. The number of piperidine rings is 1. The van der Waals surface area contributed by atoms with Crippen LogP contribution in [-0.2, 0) is 6.42 Å². The molecule has 2 rings (SSSR count). The molecule has 1 fully saturated rings. The van der Waals surface area contributed by atoms with Crippen molar-refractivity contribution >= 4 is 29.2 Å². The lowest BCUT2D eigenvalue weighted by atomic mass is 9.94. The van der Waals surface area contributed by atoms with E-state index in [0.29, 0.717) is 36.0 Å². The molecule has 0 aromatic heterocycles. The van der Waals surface area contributed by atoms with E-state index in [1.807, 2.05) is 0 Å². The van der Waals surface area contributed by atoms with Crippen molar-refractivity contribution in [3.8, 4) is 0 Å². The number of carbonyl (C=O) groups is 1. The summed E-state index contributed by atoms with van der Waals surface area (Å²) in [5.41, 5.74) is -0.0389. The fourth-order valence-corrected chi connectivity index (χ4v) is 3.07. The van der Waals surface area contributed by atoms with E-state index >= 15 is 0 Å². The Morgan fingerprint density at radius 3 is 2.68 bits per heavy atom. The third-order valence-electron chi connectivity index (χ3n) is 3.75. The Morgan fingerprint density at radius 2 is 2.05 bits per heavy atom. The first-order valence-electron chi connectivity index (χ1n) is 7.38. The number of benzene rings is 1. The lowest BCUT2D eigenvalue weighted by Crippen LogP contribution is -2.54. The number of hydrogen-bond donors (Lipinski definition) is 4. The van der Waals surface area contributed by atoms with Gasteiger partial charge in [0.25, 0.3) is 0 Å². The smallest absolute Gasteiger partial charge is 0.314 e. The zero-order valence-electron chi connectivity index (χ0n) is 12.3. The maximum absolute atomic E-state index is 11.8. The van der Waals surface area contributed by atoms with Gasteiger partial charge in [0.2, 0.25) is 0 Å². The quantitative estimate of drug-likeness (QED) is 0.659. The summed E-state index contributed by atoms with van der Waals surface area (Å²) in [6, 6.07) is 5.03. The van der Waals surface area contributed by atoms with E-state index in [9.17, 15) is 9.90 Å². The van der Waals surface area contributed by atoms with E-state index in [2.05, 4.69) is 16.0 Å². The van der Waals surface area contributed by atoms with Crippen molar-refractivity contribution in [2.45, 2.75) is 24.9 Å². The van der Waals surface area contributed by atoms with Crippen molar-refractivity contribution < 1.29 is 9.90 Å². The number of urea groups is 1. The first-order valence-corrected chi connectivity index (χ1v) is 8.13. The van der Waals surface area contributed by atoms with Gasteiger partial charge in [0, 0.05) is 29.7 Å².